The van der Waals surface area contributed by atoms with E-state index < -0.39 is 5.97 Å². The van der Waals surface area contributed by atoms with Crippen LogP contribution in [0.25, 0.3) is 0 Å². The molecule has 0 aliphatic carbocycles. The van der Waals surface area contributed by atoms with Crippen molar-refractivity contribution in [2.45, 2.75) is 12.8 Å². The van der Waals surface area contributed by atoms with Crippen LogP contribution >= 0.6 is 23.4 Å². The van der Waals surface area contributed by atoms with Crippen molar-refractivity contribution in [2.24, 2.45) is 5.92 Å². The Morgan fingerprint density at radius 3 is 2.89 bits per heavy atom. The molecule has 0 radical (unpaired) electrons. The Bertz CT molecular complexity index is 436. The normalized spacial score (nSPS) is 16.5. The summed E-state index contributed by atoms with van der Waals surface area (Å²) in [5.41, 5.74) is 0.111. The first kappa shape index (κ1) is 13.5. The summed E-state index contributed by atoms with van der Waals surface area (Å²) in [6, 6.07) is 1.43. The molecule has 0 bridgehead atoms. The number of thioether (sulfide) groups is 1. The topological polar surface area (TPSA) is 62.2 Å². The van der Waals surface area contributed by atoms with Gasteiger partial charge in [-0.1, -0.05) is 11.6 Å². The van der Waals surface area contributed by atoms with Crippen molar-refractivity contribution in [2.75, 3.05) is 23.4 Å². The number of hydrogen-bond acceptors (Lipinski definition) is 4. The summed E-state index contributed by atoms with van der Waals surface area (Å²) in [5, 5.41) is 12.4. The number of carbonyl (C=O) groups is 1. The van der Waals surface area contributed by atoms with Gasteiger partial charge in [-0.15, -0.1) is 0 Å². The number of hydrogen-bond donors (Lipinski definition) is 2. The summed E-state index contributed by atoms with van der Waals surface area (Å²) in [4.78, 5) is 14.8. The fourth-order valence-corrected chi connectivity index (χ4v) is 3.31. The van der Waals surface area contributed by atoms with Crippen LogP contribution in [0.5, 0.6) is 0 Å². The van der Waals surface area contributed by atoms with E-state index in [1.54, 1.807) is 0 Å². The lowest BCUT2D eigenvalue weighted by molar-refractivity contribution is 0.0696. The van der Waals surface area contributed by atoms with E-state index in [9.17, 15) is 4.79 Å². The van der Waals surface area contributed by atoms with Crippen molar-refractivity contribution in [3.05, 3.63) is 22.8 Å². The number of nitrogens with zero attached hydrogens (tertiary/aromatic N) is 1. The lowest BCUT2D eigenvalue weighted by atomic mass is 10.0. The Hall–Kier alpha value is -0.940. The standard InChI is InChI=1S/C12H15ClN2O2S/c13-10-5-9(12(16)17)7-15-11(10)14-6-8-1-3-18-4-2-8/h5,7-8H,1-4,6H2,(H,14,15)(H,16,17). The fraction of sp³-hybridized carbons (Fsp3) is 0.500. The maximum absolute atomic E-state index is 10.7. The number of aromatic carboxylic acids is 1. The molecule has 4 nitrogen and oxygen atoms in total. The van der Waals surface area contributed by atoms with Crippen LogP contribution < -0.4 is 5.32 Å². The van der Waals surface area contributed by atoms with Gasteiger partial charge in [0.1, 0.15) is 5.82 Å². The second-order valence-corrected chi connectivity index (χ2v) is 5.93. The molecule has 1 aromatic heterocycles. The van der Waals surface area contributed by atoms with Gasteiger partial charge < -0.3 is 10.4 Å². The van der Waals surface area contributed by atoms with Crippen molar-refractivity contribution >= 4 is 35.1 Å². The lowest BCUT2D eigenvalue weighted by Crippen LogP contribution is -2.19. The number of anilines is 1. The summed E-state index contributed by atoms with van der Waals surface area (Å²) < 4.78 is 0. The van der Waals surface area contributed by atoms with Gasteiger partial charge in [0.15, 0.2) is 0 Å². The van der Waals surface area contributed by atoms with Gasteiger partial charge in [-0.25, -0.2) is 9.78 Å². The van der Waals surface area contributed by atoms with E-state index in [0.717, 1.165) is 6.54 Å². The summed E-state index contributed by atoms with van der Waals surface area (Å²) in [6.07, 6.45) is 3.75. The van der Waals surface area contributed by atoms with Gasteiger partial charge in [0.05, 0.1) is 10.6 Å². The second kappa shape index (κ2) is 6.29. The summed E-state index contributed by atoms with van der Waals surface area (Å²) in [7, 11) is 0. The van der Waals surface area contributed by atoms with Crippen LogP contribution in [0.3, 0.4) is 0 Å². The van der Waals surface area contributed by atoms with Crippen molar-refractivity contribution < 1.29 is 9.90 Å². The smallest absolute Gasteiger partial charge is 0.337 e. The molecule has 1 fully saturated rings. The number of carboxylic acid groups (broad SMARTS) is 1. The maximum Gasteiger partial charge on any atom is 0.337 e. The first-order valence-electron chi connectivity index (χ1n) is 5.87. The van der Waals surface area contributed by atoms with Crippen LogP contribution in [-0.2, 0) is 0 Å². The number of pyridine rings is 1. The predicted molar refractivity (Wildman–Crippen MR) is 74.7 cm³/mol. The van der Waals surface area contributed by atoms with E-state index in [-0.39, 0.29) is 5.56 Å². The van der Waals surface area contributed by atoms with Gasteiger partial charge in [0.25, 0.3) is 0 Å². The summed E-state index contributed by atoms with van der Waals surface area (Å²) in [6.45, 7) is 0.847. The largest absolute Gasteiger partial charge is 0.478 e. The van der Waals surface area contributed by atoms with Crippen LogP contribution in [0.2, 0.25) is 5.02 Å². The minimum Gasteiger partial charge on any atom is -0.478 e. The zero-order valence-electron chi connectivity index (χ0n) is 9.86. The highest BCUT2D eigenvalue weighted by atomic mass is 35.5. The summed E-state index contributed by atoms with van der Waals surface area (Å²) >= 11 is 7.99. The Morgan fingerprint density at radius 1 is 1.56 bits per heavy atom. The lowest BCUT2D eigenvalue weighted by Gasteiger charge is -2.22. The van der Waals surface area contributed by atoms with Gasteiger partial charge in [-0.3, -0.25) is 0 Å². The summed E-state index contributed by atoms with van der Waals surface area (Å²) in [5.74, 6) is 2.64. The zero-order valence-corrected chi connectivity index (χ0v) is 11.4. The molecule has 18 heavy (non-hydrogen) atoms. The highest BCUT2D eigenvalue weighted by Gasteiger charge is 2.14. The molecule has 0 unspecified atom stereocenters. The molecule has 2 heterocycles. The van der Waals surface area contributed by atoms with Gasteiger partial charge in [-0.05, 0) is 36.3 Å². The SMILES string of the molecule is O=C(O)c1cnc(NCC2CCSCC2)c(Cl)c1. The highest BCUT2D eigenvalue weighted by molar-refractivity contribution is 7.99. The van der Waals surface area contributed by atoms with Crippen molar-refractivity contribution in [1.29, 1.82) is 0 Å². The van der Waals surface area contributed by atoms with E-state index in [4.69, 9.17) is 16.7 Å². The minimum atomic E-state index is -1.01. The van der Waals surface area contributed by atoms with Crippen LogP contribution in [0, 0.1) is 5.92 Å². The number of nitrogens with one attached hydrogen (secondary N) is 1. The van der Waals surface area contributed by atoms with Crippen LogP contribution in [0.1, 0.15) is 23.2 Å². The quantitative estimate of drug-likeness (QED) is 0.891. The molecule has 0 amide bonds. The number of carboxylic acids is 1. The molecule has 1 aliphatic rings. The molecule has 2 N–H and O–H groups in total. The third-order valence-corrected chi connectivity index (χ3v) is 4.32. The van der Waals surface area contributed by atoms with Gasteiger partial charge in [0, 0.05) is 12.7 Å². The van der Waals surface area contributed by atoms with E-state index in [1.807, 2.05) is 11.8 Å². The Kier molecular flexibility index (Phi) is 4.72. The van der Waals surface area contributed by atoms with Gasteiger partial charge in [-0.2, -0.15) is 11.8 Å². The fourth-order valence-electron chi connectivity index (χ4n) is 1.88. The van der Waals surface area contributed by atoms with Crippen molar-refractivity contribution in [3.63, 3.8) is 0 Å². The minimum absolute atomic E-state index is 0.111. The van der Waals surface area contributed by atoms with Crippen molar-refractivity contribution in [1.82, 2.24) is 4.98 Å². The molecular weight excluding hydrogens is 272 g/mol. The first-order chi connectivity index (χ1) is 8.66. The predicted octanol–water partition coefficient (Wildman–Crippen LogP) is 2.99. The Morgan fingerprint density at radius 2 is 2.28 bits per heavy atom. The van der Waals surface area contributed by atoms with Gasteiger partial charge >= 0.3 is 5.97 Å². The first-order valence-corrected chi connectivity index (χ1v) is 7.40. The highest BCUT2D eigenvalue weighted by Crippen LogP contribution is 2.25. The molecule has 0 spiro atoms. The van der Waals surface area contributed by atoms with Crippen molar-refractivity contribution in [3.8, 4) is 0 Å². The monoisotopic (exact) mass is 286 g/mol. The number of halogens is 1. The number of rotatable bonds is 4. The molecule has 0 aromatic carbocycles. The Balaban J connectivity index is 1.94. The molecule has 98 valence electrons. The average Bonchev–Trinajstić information content (AvgIpc) is 2.38. The molecule has 1 saturated heterocycles. The molecule has 0 atom stereocenters. The molecule has 6 heteroatoms. The van der Waals surface area contributed by atoms with E-state index in [0.29, 0.717) is 16.8 Å². The van der Waals surface area contributed by atoms with E-state index in [1.165, 1.54) is 36.6 Å². The molecule has 0 saturated carbocycles. The van der Waals surface area contributed by atoms with E-state index in [2.05, 4.69) is 10.3 Å². The van der Waals surface area contributed by atoms with Gasteiger partial charge in [0.2, 0.25) is 0 Å². The average molecular weight is 287 g/mol. The third-order valence-electron chi connectivity index (χ3n) is 2.99. The molecular formula is C12H15ClN2O2S. The van der Waals surface area contributed by atoms with Crippen LogP contribution in [-0.4, -0.2) is 34.1 Å². The van der Waals surface area contributed by atoms with E-state index >= 15 is 0 Å². The Labute approximate surface area is 115 Å². The maximum atomic E-state index is 10.7. The third kappa shape index (κ3) is 3.53. The molecule has 1 aliphatic heterocycles. The number of aromatic nitrogens is 1. The molecule has 1 aromatic rings. The zero-order chi connectivity index (χ0) is 13.0. The molecule has 2 rings (SSSR count). The second-order valence-electron chi connectivity index (χ2n) is 4.30. The van der Waals surface area contributed by atoms with Crippen LogP contribution in [0.4, 0.5) is 5.82 Å². The van der Waals surface area contributed by atoms with Crippen LogP contribution in [0.15, 0.2) is 12.3 Å².